The molecule has 1 atom stereocenters. The molecule has 1 N–H and O–H groups in total. The van der Waals surface area contributed by atoms with E-state index in [1.807, 2.05) is 6.92 Å². The van der Waals surface area contributed by atoms with Crippen molar-refractivity contribution in [3.63, 3.8) is 0 Å². The molecule has 244 valence electrons. The van der Waals surface area contributed by atoms with Crippen LogP contribution in [0.15, 0.2) is 59.5 Å². The van der Waals surface area contributed by atoms with E-state index in [1.165, 1.54) is 68.7 Å². The normalized spacial score (nSPS) is 11.8. The maximum atomic E-state index is 14.3. The fourth-order valence-electron chi connectivity index (χ4n) is 4.43. The maximum Gasteiger partial charge on any atom is 0.265 e. The highest BCUT2D eigenvalue weighted by atomic mass is 35.5. The second-order valence-corrected chi connectivity index (χ2v) is 13.1. The van der Waals surface area contributed by atoms with Crippen LogP contribution in [0.2, 0.25) is 15.1 Å². The van der Waals surface area contributed by atoms with Crippen LogP contribution in [0, 0.1) is 0 Å². The average molecular weight is 701 g/mol. The molecule has 0 saturated heterocycles. The number of sulfonamides is 1. The average Bonchev–Trinajstić information content (AvgIpc) is 3.02. The third-order valence-electron chi connectivity index (χ3n) is 6.98. The van der Waals surface area contributed by atoms with Crippen LogP contribution in [0.5, 0.6) is 17.2 Å². The monoisotopic (exact) mass is 699 g/mol. The summed E-state index contributed by atoms with van der Waals surface area (Å²) in [4.78, 5) is 28.5. The largest absolute Gasteiger partial charge is 0.495 e. The van der Waals surface area contributed by atoms with E-state index in [4.69, 9.17) is 49.0 Å². The summed E-state index contributed by atoms with van der Waals surface area (Å²) in [5, 5.41) is 3.72. The number of nitrogens with zero attached hydrogens (tertiary/aromatic N) is 2. The Kier molecular flexibility index (Phi) is 13.0. The summed E-state index contributed by atoms with van der Waals surface area (Å²) < 4.78 is 45.6. The van der Waals surface area contributed by atoms with E-state index in [-0.39, 0.29) is 38.7 Å². The summed E-state index contributed by atoms with van der Waals surface area (Å²) in [7, 11) is -0.301. The van der Waals surface area contributed by atoms with Gasteiger partial charge in [0.25, 0.3) is 10.0 Å². The van der Waals surface area contributed by atoms with Gasteiger partial charge in [-0.05, 0) is 61.4 Å². The molecule has 0 fully saturated rings. The lowest BCUT2D eigenvalue weighted by Gasteiger charge is -2.32. The van der Waals surface area contributed by atoms with Crippen molar-refractivity contribution in [2.24, 2.45) is 0 Å². The smallest absolute Gasteiger partial charge is 0.265 e. The van der Waals surface area contributed by atoms with Crippen LogP contribution in [0.25, 0.3) is 0 Å². The van der Waals surface area contributed by atoms with Gasteiger partial charge in [0.1, 0.15) is 18.3 Å². The van der Waals surface area contributed by atoms with Crippen molar-refractivity contribution in [1.82, 2.24) is 10.2 Å². The summed E-state index contributed by atoms with van der Waals surface area (Å²) in [5.74, 6) is -0.469. The Morgan fingerprint density at radius 3 is 2.11 bits per heavy atom. The maximum absolute atomic E-state index is 14.3. The van der Waals surface area contributed by atoms with Crippen molar-refractivity contribution < 1.29 is 32.2 Å². The topological polar surface area (TPSA) is 114 Å². The number of halogens is 3. The quantitative estimate of drug-likeness (QED) is 0.188. The zero-order valence-electron chi connectivity index (χ0n) is 25.6. The van der Waals surface area contributed by atoms with E-state index in [0.29, 0.717) is 22.9 Å². The molecular formula is C31H36Cl3N3O7S. The van der Waals surface area contributed by atoms with Gasteiger partial charge in [0.2, 0.25) is 11.8 Å². The lowest BCUT2D eigenvalue weighted by Crippen LogP contribution is -2.51. The van der Waals surface area contributed by atoms with Gasteiger partial charge in [-0.15, -0.1) is 0 Å². The summed E-state index contributed by atoms with van der Waals surface area (Å²) in [6.45, 7) is 3.16. The number of carbonyl (C=O) groups excluding carboxylic acids is 2. The summed E-state index contributed by atoms with van der Waals surface area (Å²) in [6, 6.07) is 12.3. The number of benzene rings is 3. The summed E-state index contributed by atoms with van der Waals surface area (Å²) >= 11 is 18.8. The van der Waals surface area contributed by atoms with Gasteiger partial charge >= 0.3 is 0 Å². The number of hydrogen-bond acceptors (Lipinski definition) is 7. The molecule has 0 heterocycles. The molecule has 10 nitrogen and oxygen atoms in total. The third kappa shape index (κ3) is 8.88. The molecule has 2 amide bonds. The number of unbranched alkanes of at least 4 members (excludes halogenated alkanes) is 1. The van der Waals surface area contributed by atoms with Crippen molar-refractivity contribution in [3.8, 4) is 17.2 Å². The Morgan fingerprint density at radius 2 is 1.49 bits per heavy atom. The van der Waals surface area contributed by atoms with E-state index >= 15 is 0 Å². The molecule has 0 spiro atoms. The number of rotatable bonds is 15. The SMILES string of the molecule is CCCCNC(=O)[C@H](C)N(Cc1ccc(Cl)cc1Cl)C(=O)CN(c1cc(Cl)ccc1OC)S(=O)(=O)c1ccc(OC)c(OC)c1. The number of ether oxygens (including phenoxy) is 3. The number of hydrogen-bond donors (Lipinski definition) is 1. The second kappa shape index (κ2) is 16.3. The Bertz CT molecular complexity index is 1620. The molecular weight excluding hydrogens is 665 g/mol. The molecule has 0 aliphatic heterocycles. The van der Waals surface area contributed by atoms with Gasteiger partial charge in [-0.2, -0.15) is 0 Å². The number of methoxy groups -OCH3 is 3. The highest BCUT2D eigenvalue weighted by molar-refractivity contribution is 7.92. The Hall–Kier alpha value is -3.38. The van der Waals surface area contributed by atoms with Crippen molar-refractivity contribution in [1.29, 1.82) is 0 Å². The third-order valence-corrected chi connectivity index (χ3v) is 9.56. The van der Waals surface area contributed by atoms with E-state index in [1.54, 1.807) is 19.1 Å². The Balaban J connectivity index is 2.14. The van der Waals surface area contributed by atoms with Crippen molar-refractivity contribution in [2.75, 3.05) is 38.7 Å². The molecule has 3 aromatic carbocycles. The lowest BCUT2D eigenvalue weighted by molar-refractivity contribution is -0.139. The van der Waals surface area contributed by atoms with Crippen LogP contribution in [0.1, 0.15) is 32.3 Å². The molecule has 0 bridgehead atoms. The minimum Gasteiger partial charge on any atom is -0.495 e. The van der Waals surface area contributed by atoms with Crippen LogP contribution in [-0.2, 0) is 26.2 Å². The summed E-state index contributed by atoms with van der Waals surface area (Å²) in [6.07, 6.45) is 1.61. The van der Waals surface area contributed by atoms with Gasteiger partial charge < -0.3 is 24.4 Å². The van der Waals surface area contributed by atoms with Gasteiger partial charge in [0, 0.05) is 34.2 Å². The minimum absolute atomic E-state index is 0.0117. The standard InChI is InChI=1S/C31H36Cl3N3O7S/c1-6-7-14-35-31(39)20(2)36(18-21-8-9-22(32)15-25(21)34)30(38)19-37(26-16-23(33)10-12-27(26)42-3)45(40,41)24-11-13-28(43-4)29(17-24)44-5/h8-13,15-17,20H,6-7,14,18-19H2,1-5H3,(H,35,39)/t20-/m0/s1. The zero-order valence-corrected chi connectivity index (χ0v) is 28.7. The molecule has 0 saturated carbocycles. The van der Waals surface area contributed by atoms with E-state index < -0.39 is 34.4 Å². The summed E-state index contributed by atoms with van der Waals surface area (Å²) in [5.41, 5.74) is 0.523. The minimum atomic E-state index is -4.47. The van der Waals surface area contributed by atoms with Gasteiger partial charge in [0.15, 0.2) is 11.5 Å². The van der Waals surface area contributed by atoms with Crippen molar-refractivity contribution in [3.05, 3.63) is 75.2 Å². The lowest BCUT2D eigenvalue weighted by atomic mass is 10.1. The molecule has 14 heteroatoms. The van der Waals surface area contributed by atoms with E-state index in [2.05, 4.69) is 5.32 Å². The first-order valence-corrected chi connectivity index (χ1v) is 16.5. The van der Waals surface area contributed by atoms with Gasteiger partial charge in [-0.1, -0.05) is 54.2 Å². The molecule has 0 aromatic heterocycles. The molecule has 0 radical (unpaired) electrons. The number of amides is 2. The molecule has 3 aromatic rings. The highest BCUT2D eigenvalue weighted by Crippen LogP contribution is 2.37. The van der Waals surface area contributed by atoms with Gasteiger partial charge in [-0.3, -0.25) is 13.9 Å². The first-order valence-electron chi connectivity index (χ1n) is 14.0. The van der Waals surface area contributed by atoms with E-state index in [0.717, 1.165) is 17.1 Å². The number of nitrogens with one attached hydrogen (secondary N) is 1. The fraction of sp³-hybridized carbons (Fsp3) is 0.355. The first-order chi connectivity index (χ1) is 21.4. The molecule has 45 heavy (non-hydrogen) atoms. The van der Waals surface area contributed by atoms with Gasteiger partial charge in [-0.25, -0.2) is 8.42 Å². The fourth-order valence-corrected chi connectivity index (χ4v) is 6.49. The van der Waals surface area contributed by atoms with Crippen LogP contribution in [-0.4, -0.2) is 65.6 Å². The molecule has 0 aliphatic carbocycles. The Morgan fingerprint density at radius 1 is 0.867 bits per heavy atom. The number of carbonyl (C=O) groups is 2. The van der Waals surface area contributed by atoms with Crippen molar-refractivity contribution in [2.45, 2.75) is 44.2 Å². The Labute approximate surface area is 279 Å². The molecule has 3 rings (SSSR count). The molecule has 0 aliphatic rings. The predicted octanol–water partition coefficient (Wildman–Crippen LogP) is 6.20. The highest BCUT2D eigenvalue weighted by Gasteiger charge is 2.34. The van der Waals surface area contributed by atoms with Crippen LogP contribution >= 0.6 is 34.8 Å². The van der Waals surface area contributed by atoms with Crippen LogP contribution < -0.4 is 23.8 Å². The second-order valence-electron chi connectivity index (χ2n) is 9.92. The predicted molar refractivity (Wildman–Crippen MR) is 176 cm³/mol. The van der Waals surface area contributed by atoms with Crippen LogP contribution in [0.4, 0.5) is 5.69 Å². The van der Waals surface area contributed by atoms with Crippen molar-refractivity contribution >= 4 is 62.3 Å². The zero-order chi connectivity index (χ0) is 33.3. The van der Waals surface area contributed by atoms with E-state index in [9.17, 15) is 18.0 Å². The number of anilines is 1. The molecule has 0 unspecified atom stereocenters. The van der Waals surface area contributed by atoms with Crippen LogP contribution in [0.3, 0.4) is 0 Å². The van der Waals surface area contributed by atoms with Gasteiger partial charge in [0.05, 0.1) is 31.9 Å². The first kappa shape index (κ1) is 36.1.